The second-order valence-corrected chi connectivity index (χ2v) is 7.94. The molecule has 0 bridgehead atoms. The van der Waals surface area contributed by atoms with Gasteiger partial charge in [-0.15, -0.1) is 0 Å². The molecule has 0 saturated carbocycles. The number of ether oxygens (including phenoxy) is 1. The fourth-order valence-electron chi connectivity index (χ4n) is 2.82. The van der Waals surface area contributed by atoms with Crippen molar-refractivity contribution in [1.29, 1.82) is 5.26 Å². The van der Waals surface area contributed by atoms with Gasteiger partial charge < -0.3 is 10.1 Å². The number of carbonyl (C=O) groups is 2. The van der Waals surface area contributed by atoms with Crippen LogP contribution in [0, 0.1) is 11.3 Å². The summed E-state index contributed by atoms with van der Waals surface area (Å²) < 4.78 is 5.85. The van der Waals surface area contributed by atoms with E-state index in [-0.39, 0.29) is 25.4 Å². The molecule has 7 nitrogen and oxygen atoms in total. The first-order valence-electron chi connectivity index (χ1n) is 10.2. The molecule has 34 heavy (non-hydrogen) atoms. The minimum absolute atomic E-state index is 0.0251. The molecular formula is C25H20Cl2N4O3. The van der Waals surface area contributed by atoms with Crippen LogP contribution in [-0.2, 0) is 16.2 Å². The van der Waals surface area contributed by atoms with Crippen molar-refractivity contribution in [2.45, 2.75) is 19.4 Å². The number of rotatable bonds is 9. The van der Waals surface area contributed by atoms with Crippen LogP contribution in [0.3, 0.4) is 0 Å². The maximum absolute atomic E-state index is 12.1. The highest BCUT2D eigenvalue weighted by Gasteiger charge is 2.09. The summed E-state index contributed by atoms with van der Waals surface area (Å²) in [5.41, 5.74) is 4.90. The van der Waals surface area contributed by atoms with E-state index in [1.54, 1.807) is 54.6 Å². The Kier molecular flexibility index (Phi) is 9.04. The van der Waals surface area contributed by atoms with Gasteiger partial charge in [-0.05, 0) is 48.0 Å². The molecule has 0 unspecified atom stereocenters. The number of carbonyl (C=O) groups excluding carboxylic acids is 2. The van der Waals surface area contributed by atoms with Crippen molar-refractivity contribution in [3.63, 3.8) is 0 Å². The average Bonchev–Trinajstić information content (AvgIpc) is 2.84. The second-order valence-electron chi connectivity index (χ2n) is 7.10. The van der Waals surface area contributed by atoms with E-state index in [4.69, 9.17) is 33.2 Å². The van der Waals surface area contributed by atoms with Gasteiger partial charge in [-0.1, -0.05) is 47.5 Å². The molecule has 0 spiro atoms. The Morgan fingerprint density at radius 1 is 1.00 bits per heavy atom. The summed E-state index contributed by atoms with van der Waals surface area (Å²) in [5, 5.41) is 16.4. The number of nitrogens with one attached hydrogen (secondary N) is 2. The largest absolute Gasteiger partial charge is 0.488 e. The maximum atomic E-state index is 12.1. The molecule has 3 rings (SSSR count). The molecule has 3 aromatic carbocycles. The SMILES string of the molecule is N#Cc1ccc(COc2ccc(Cl)cc2C=NNC(=O)CCC(=O)Nc2ccccc2Cl)cc1. The molecular weight excluding hydrogens is 475 g/mol. The normalized spacial score (nSPS) is 10.5. The first-order valence-corrected chi connectivity index (χ1v) is 11.0. The smallest absolute Gasteiger partial charge is 0.240 e. The zero-order valence-corrected chi connectivity index (χ0v) is 19.4. The molecule has 172 valence electrons. The van der Waals surface area contributed by atoms with Crippen molar-refractivity contribution in [2.24, 2.45) is 5.10 Å². The lowest BCUT2D eigenvalue weighted by atomic mass is 10.1. The fourth-order valence-corrected chi connectivity index (χ4v) is 3.18. The van der Waals surface area contributed by atoms with E-state index in [1.165, 1.54) is 6.21 Å². The van der Waals surface area contributed by atoms with Crippen molar-refractivity contribution < 1.29 is 14.3 Å². The van der Waals surface area contributed by atoms with E-state index in [2.05, 4.69) is 21.9 Å². The summed E-state index contributed by atoms with van der Waals surface area (Å²) in [6.45, 7) is 0.279. The monoisotopic (exact) mass is 494 g/mol. The Labute approximate surface area is 207 Å². The average molecular weight is 495 g/mol. The summed E-state index contributed by atoms with van der Waals surface area (Å²) in [6, 6.07) is 21.0. The molecule has 3 aromatic rings. The number of hydrogen-bond donors (Lipinski definition) is 2. The standard InChI is InChI=1S/C25H20Cl2N4O3/c26-20-9-10-23(34-16-18-7-5-17(14-28)6-8-18)19(13-20)15-29-31-25(33)12-11-24(32)30-22-4-2-1-3-21(22)27/h1-10,13,15H,11-12,16H2,(H,30,32)(H,31,33). The molecule has 0 aliphatic heterocycles. The summed E-state index contributed by atoms with van der Waals surface area (Å²) in [4.78, 5) is 24.1. The van der Waals surface area contributed by atoms with Gasteiger partial charge >= 0.3 is 0 Å². The number of benzene rings is 3. The van der Waals surface area contributed by atoms with Crippen LogP contribution >= 0.6 is 23.2 Å². The maximum Gasteiger partial charge on any atom is 0.240 e. The van der Waals surface area contributed by atoms with Gasteiger partial charge in [0.2, 0.25) is 11.8 Å². The molecule has 0 aliphatic rings. The third kappa shape index (κ3) is 7.62. The lowest BCUT2D eigenvalue weighted by molar-refractivity contribution is -0.124. The van der Waals surface area contributed by atoms with Gasteiger partial charge in [0, 0.05) is 23.4 Å². The van der Waals surface area contributed by atoms with Gasteiger partial charge in [-0.25, -0.2) is 5.43 Å². The number of halogens is 2. The predicted molar refractivity (Wildman–Crippen MR) is 132 cm³/mol. The van der Waals surface area contributed by atoms with Gasteiger partial charge in [0.25, 0.3) is 0 Å². The van der Waals surface area contributed by atoms with Crippen LogP contribution in [0.15, 0.2) is 71.8 Å². The molecule has 9 heteroatoms. The molecule has 0 atom stereocenters. The number of amides is 2. The summed E-state index contributed by atoms with van der Waals surface area (Å²) in [5.74, 6) is -0.237. The van der Waals surface area contributed by atoms with Crippen LogP contribution < -0.4 is 15.5 Å². The molecule has 0 heterocycles. The van der Waals surface area contributed by atoms with Crippen molar-refractivity contribution in [1.82, 2.24) is 5.43 Å². The third-order valence-corrected chi connectivity index (χ3v) is 5.13. The minimum Gasteiger partial charge on any atom is -0.488 e. The molecule has 0 radical (unpaired) electrons. The fraction of sp³-hybridized carbons (Fsp3) is 0.120. The van der Waals surface area contributed by atoms with E-state index in [0.717, 1.165) is 5.56 Å². The van der Waals surface area contributed by atoms with Crippen LogP contribution in [0.2, 0.25) is 10.0 Å². The van der Waals surface area contributed by atoms with Gasteiger partial charge in [0.15, 0.2) is 0 Å². The Bertz CT molecular complexity index is 1240. The van der Waals surface area contributed by atoms with Gasteiger partial charge in [0.05, 0.1) is 28.6 Å². The van der Waals surface area contributed by atoms with Crippen molar-refractivity contribution in [3.05, 3.63) is 93.5 Å². The Morgan fingerprint density at radius 2 is 1.74 bits per heavy atom. The highest BCUT2D eigenvalue weighted by Crippen LogP contribution is 2.23. The molecule has 0 aliphatic carbocycles. The predicted octanol–water partition coefficient (Wildman–Crippen LogP) is 5.31. The topological polar surface area (TPSA) is 104 Å². The van der Waals surface area contributed by atoms with Crippen molar-refractivity contribution in [2.75, 3.05) is 5.32 Å². The van der Waals surface area contributed by atoms with Gasteiger partial charge in [0.1, 0.15) is 12.4 Å². The van der Waals surface area contributed by atoms with E-state index in [0.29, 0.717) is 32.6 Å². The number of nitriles is 1. The third-order valence-electron chi connectivity index (χ3n) is 4.57. The highest BCUT2D eigenvalue weighted by molar-refractivity contribution is 6.33. The van der Waals surface area contributed by atoms with E-state index in [9.17, 15) is 9.59 Å². The Hall–Kier alpha value is -3.86. The Balaban J connectivity index is 1.51. The van der Waals surface area contributed by atoms with Crippen molar-refractivity contribution in [3.8, 4) is 11.8 Å². The lowest BCUT2D eigenvalue weighted by Gasteiger charge is -2.10. The van der Waals surface area contributed by atoms with Crippen molar-refractivity contribution >= 4 is 46.9 Å². The number of nitrogens with zero attached hydrogens (tertiary/aromatic N) is 2. The first kappa shape index (κ1) is 24.8. The number of anilines is 1. The summed E-state index contributed by atoms with van der Waals surface area (Å²) in [6.07, 6.45) is 1.34. The molecule has 2 amide bonds. The number of para-hydroxylation sites is 1. The van der Waals surface area contributed by atoms with Crippen LogP contribution in [-0.4, -0.2) is 18.0 Å². The summed E-state index contributed by atoms with van der Waals surface area (Å²) >= 11 is 12.1. The van der Waals surface area contributed by atoms with E-state index in [1.807, 2.05) is 12.1 Å². The quantitative estimate of drug-likeness (QED) is 0.310. The number of hydrazone groups is 1. The van der Waals surface area contributed by atoms with Crippen LogP contribution in [0.4, 0.5) is 5.69 Å². The van der Waals surface area contributed by atoms with Crippen LogP contribution in [0.1, 0.15) is 29.5 Å². The molecule has 0 fully saturated rings. The first-order chi connectivity index (χ1) is 16.4. The zero-order valence-electron chi connectivity index (χ0n) is 17.9. The zero-order chi connectivity index (χ0) is 24.3. The van der Waals surface area contributed by atoms with E-state index < -0.39 is 5.91 Å². The molecule has 0 saturated heterocycles. The summed E-state index contributed by atoms with van der Waals surface area (Å²) in [7, 11) is 0. The Morgan fingerprint density at radius 3 is 2.47 bits per heavy atom. The second kappa shape index (κ2) is 12.4. The number of hydrogen-bond acceptors (Lipinski definition) is 5. The molecule has 2 N–H and O–H groups in total. The van der Waals surface area contributed by atoms with Gasteiger partial charge in [-0.2, -0.15) is 10.4 Å². The van der Waals surface area contributed by atoms with E-state index >= 15 is 0 Å². The minimum atomic E-state index is -0.423. The molecule has 0 aromatic heterocycles. The van der Waals surface area contributed by atoms with Crippen LogP contribution in [0.5, 0.6) is 5.75 Å². The lowest BCUT2D eigenvalue weighted by Crippen LogP contribution is -2.20. The van der Waals surface area contributed by atoms with Crippen LogP contribution in [0.25, 0.3) is 0 Å². The highest BCUT2D eigenvalue weighted by atomic mass is 35.5. The van der Waals surface area contributed by atoms with Gasteiger partial charge in [-0.3, -0.25) is 9.59 Å².